The Morgan fingerprint density at radius 2 is 1.90 bits per heavy atom. The van der Waals surface area contributed by atoms with E-state index in [0.29, 0.717) is 5.69 Å². The normalized spacial score (nSPS) is 10.8. The van der Waals surface area contributed by atoms with Gasteiger partial charge in [0.05, 0.1) is 12.2 Å². The zero-order valence-electron chi connectivity index (χ0n) is 11.8. The Labute approximate surface area is 137 Å². The van der Waals surface area contributed by atoms with Crippen molar-refractivity contribution in [3.8, 4) is 11.3 Å². The first-order valence-corrected chi connectivity index (χ1v) is 7.84. The van der Waals surface area contributed by atoms with Gasteiger partial charge in [-0.15, -0.1) is 0 Å². The molecule has 0 atom stereocenters. The van der Waals surface area contributed by atoms with Crippen LogP contribution in [0.4, 0.5) is 5.69 Å². The van der Waals surface area contributed by atoms with Gasteiger partial charge >= 0.3 is 0 Å². The molecular formula is C17H16IN3. The minimum atomic E-state index is 0.712. The largest absolute Gasteiger partial charge is 0.396 e. The number of hydrogen-bond donors (Lipinski definition) is 1. The second kappa shape index (κ2) is 5.89. The number of benzene rings is 2. The van der Waals surface area contributed by atoms with E-state index in [1.165, 1.54) is 14.7 Å². The van der Waals surface area contributed by atoms with Crippen LogP contribution < -0.4 is 5.73 Å². The van der Waals surface area contributed by atoms with Crippen molar-refractivity contribution in [2.24, 2.45) is 0 Å². The Kier molecular flexibility index (Phi) is 3.96. The molecule has 0 fully saturated rings. The van der Waals surface area contributed by atoms with Crippen LogP contribution in [-0.4, -0.2) is 9.78 Å². The number of rotatable bonds is 3. The number of anilines is 1. The van der Waals surface area contributed by atoms with Gasteiger partial charge in [0, 0.05) is 15.3 Å². The van der Waals surface area contributed by atoms with Crippen LogP contribution in [0.5, 0.6) is 0 Å². The average molecular weight is 389 g/mol. The maximum Gasteiger partial charge on any atom is 0.115 e. The topological polar surface area (TPSA) is 43.8 Å². The predicted octanol–water partition coefficient (Wildman–Crippen LogP) is 4.09. The standard InChI is InChI=1S/C17H16IN3/c1-12-3-2-4-13(9-12)10-21-11-16(19)17(20-21)14-5-7-15(18)8-6-14/h2-9,11H,10,19H2,1H3. The summed E-state index contributed by atoms with van der Waals surface area (Å²) in [7, 11) is 0. The van der Waals surface area contributed by atoms with Gasteiger partial charge in [0.1, 0.15) is 5.69 Å². The molecule has 0 saturated carbocycles. The first-order valence-electron chi connectivity index (χ1n) is 6.76. The fourth-order valence-corrected chi connectivity index (χ4v) is 2.71. The molecule has 0 spiro atoms. The second-order valence-electron chi connectivity index (χ2n) is 5.13. The molecule has 0 unspecified atom stereocenters. The molecule has 0 aliphatic heterocycles. The van der Waals surface area contributed by atoms with E-state index in [1.807, 2.05) is 10.9 Å². The maximum atomic E-state index is 6.11. The van der Waals surface area contributed by atoms with Gasteiger partial charge in [-0.1, -0.05) is 42.0 Å². The quantitative estimate of drug-likeness (QED) is 0.686. The van der Waals surface area contributed by atoms with Crippen molar-refractivity contribution in [2.45, 2.75) is 13.5 Å². The van der Waals surface area contributed by atoms with Crippen molar-refractivity contribution in [3.05, 3.63) is 69.4 Å². The van der Waals surface area contributed by atoms with Crippen molar-refractivity contribution in [1.29, 1.82) is 0 Å². The van der Waals surface area contributed by atoms with E-state index in [0.717, 1.165) is 17.8 Å². The van der Waals surface area contributed by atoms with E-state index in [1.54, 1.807) is 0 Å². The summed E-state index contributed by atoms with van der Waals surface area (Å²) in [6.07, 6.45) is 1.90. The van der Waals surface area contributed by atoms with E-state index in [2.05, 4.69) is 83.1 Å². The molecule has 1 aromatic heterocycles. The van der Waals surface area contributed by atoms with Gasteiger partial charge in [-0.25, -0.2) is 0 Å². The average Bonchev–Trinajstić information content (AvgIpc) is 2.80. The summed E-state index contributed by atoms with van der Waals surface area (Å²) < 4.78 is 3.10. The third-order valence-corrected chi connectivity index (χ3v) is 4.05. The molecule has 21 heavy (non-hydrogen) atoms. The summed E-state index contributed by atoms with van der Waals surface area (Å²) in [6, 6.07) is 16.7. The van der Waals surface area contributed by atoms with E-state index in [-0.39, 0.29) is 0 Å². The molecule has 0 saturated heterocycles. The molecule has 0 bridgehead atoms. The monoisotopic (exact) mass is 389 g/mol. The minimum Gasteiger partial charge on any atom is -0.396 e. The third kappa shape index (κ3) is 3.26. The molecule has 0 aliphatic carbocycles. The first-order chi connectivity index (χ1) is 10.1. The predicted molar refractivity (Wildman–Crippen MR) is 95.1 cm³/mol. The highest BCUT2D eigenvalue weighted by molar-refractivity contribution is 14.1. The first kappa shape index (κ1) is 14.1. The summed E-state index contributed by atoms with van der Waals surface area (Å²) in [5, 5.41) is 4.62. The van der Waals surface area contributed by atoms with Crippen molar-refractivity contribution in [1.82, 2.24) is 9.78 Å². The molecule has 3 nitrogen and oxygen atoms in total. The molecule has 0 radical (unpaired) electrons. The van der Waals surface area contributed by atoms with E-state index >= 15 is 0 Å². The highest BCUT2D eigenvalue weighted by Gasteiger charge is 2.09. The lowest BCUT2D eigenvalue weighted by molar-refractivity contribution is 0.689. The Balaban J connectivity index is 1.89. The third-order valence-electron chi connectivity index (χ3n) is 3.33. The van der Waals surface area contributed by atoms with Crippen LogP contribution in [0.15, 0.2) is 54.7 Å². The van der Waals surface area contributed by atoms with Crippen LogP contribution >= 0.6 is 22.6 Å². The summed E-state index contributed by atoms with van der Waals surface area (Å²) >= 11 is 2.29. The summed E-state index contributed by atoms with van der Waals surface area (Å²) in [5.74, 6) is 0. The van der Waals surface area contributed by atoms with Gasteiger partial charge in [-0.3, -0.25) is 4.68 Å². The molecular weight excluding hydrogens is 373 g/mol. The van der Waals surface area contributed by atoms with Crippen molar-refractivity contribution < 1.29 is 0 Å². The van der Waals surface area contributed by atoms with E-state index < -0.39 is 0 Å². The summed E-state index contributed by atoms with van der Waals surface area (Å²) in [5.41, 5.74) is 11.2. The lowest BCUT2D eigenvalue weighted by atomic mass is 10.1. The molecule has 3 rings (SSSR count). The molecule has 2 N–H and O–H groups in total. The van der Waals surface area contributed by atoms with E-state index in [9.17, 15) is 0 Å². The second-order valence-corrected chi connectivity index (χ2v) is 6.37. The van der Waals surface area contributed by atoms with Crippen LogP contribution in [0.2, 0.25) is 0 Å². The van der Waals surface area contributed by atoms with Crippen LogP contribution in [0.3, 0.4) is 0 Å². The van der Waals surface area contributed by atoms with Gasteiger partial charge in [-0.05, 0) is 47.2 Å². The highest BCUT2D eigenvalue weighted by Crippen LogP contribution is 2.25. The Hall–Kier alpha value is -1.82. The van der Waals surface area contributed by atoms with Crippen LogP contribution in [0.25, 0.3) is 11.3 Å². The molecule has 2 aromatic carbocycles. The zero-order chi connectivity index (χ0) is 14.8. The Morgan fingerprint density at radius 3 is 2.62 bits per heavy atom. The van der Waals surface area contributed by atoms with Crippen molar-refractivity contribution >= 4 is 28.3 Å². The minimum absolute atomic E-state index is 0.712. The molecule has 4 heteroatoms. The zero-order valence-corrected chi connectivity index (χ0v) is 13.9. The van der Waals surface area contributed by atoms with E-state index in [4.69, 9.17) is 5.73 Å². The Morgan fingerprint density at radius 1 is 1.14 bits per heavy atom. The van der Waals surface area contributed by atoms with Crippen molar-refractivity contribution in [2.75, 3.05) is 5.73 Å². The SMILES string of the molecule is Cc1cccc(Cn2cc(N)c(-c3ccc(I)cc3)n2)c1. The van der Waals surface area contributed by atoms with Crippen LogP contribution in [0, 0.1) is 10.5 Å². The van der Waals surface area contributed by atoms with Gasteiger partial charge in [-0.2, -0.15) is 5.10 Å². The number of nitrogen functional groups attached to an aromatic ring is 1. The smallest absolute Gasteiger partial charge is 0.115 e. The Bertz CT molecular complexity index is 760. The van der Waals surface area contributed by atoms with Gasteiger partial charge in [0.2, 0.25) is 0 Å². The highest BCUT2D eigenvalue weighted by atomic mass is 127. The van der Waals surface area contributed by atoms with Crippen LogP contribution in [0.1, 0.15) is 11.1 Å². The summed E-state index contributed by atoms with van der Waals surface area (Å²) in [6.45, 7) is 2.83. The van der Waals surface area contributed by atoms with Crippen molar-refractivity contribution in [3.63, 3.8) is 0 Å². The number of hydrogen-bond acceptors (Lipinski definition) is 2. The molecule has 0 amide bonds. The lowest BCUT2D eigenvalue weighted by Crippen LogP contribution is -2.00. The number of aromatic nitrogens is 2. The van der Waals surface area contributed by atoms with Gasteiger partial charge in [0.15, 0.2) is 0 Å². The fraction of sp³-hybridized carbons (Fsp3) is 0.118. The maximum absolute atomic E-state index is 6.11. The number of nitrogens with zero attached hydrogens (tertiary/aromatic N) is 2. The molecule has 0 aliphatic rings. The fourth-order valence-electron chi connectivity index (χ4n) is 2.35. The number of halogens is 1. The number of aryl methyl sites for hydroxylation is 1. The lowest BCUT2D eigenvalue weighted by Gasteiger charge is -2.03. The molecule has 1 heterocycles. The molecule has 3 aromatic rings. The van der Waals surface area contributed by atoms with Crippen LogP contribution in [-0.2, 0) is 6.54 Å². The molecule has 106 valence electrons. The number of nitrogens with two attached hydrogens (primary N) is 1. The summed E-state index contributed by atoms with van der Waals surface area (Å²) in [4.78, 5) is 0. The van der Waals surface area contributed by atoms with Gasteiger partial charge < -0.3 is 5.73 Å². The van der Waals surface area contributed by atoms with Gasteiger partial charge in [0.25, 0.3) is 0 Å².